The van der Waals surface area contributed by atoms with E-state index in [1.807, 2.05) is 6.92 Å². The van der Waals surface area contributed by atoms with Crippen LogP contribution in [0.1, 0.15) is 23.1 Å². The molecular weight excluding hydrogens is 273 g/mol. The number of nitrogens with zero attached hydrogens (tertiary/aromatic N) is 3. The zero-order valence-corrected chi connectivity index (χ0v) is 12.1. The van der Waals surface area contributed by atoms with E-state index in [1.165, 1.54) is 21.7 Å². The Hall–Kier alpha value is -2.21. The molecule has 0 saturated heterocycles. The van der Waals surface area contributed by atoms with Crippen LogP contribution in [0.4, 0.5) is 4.39 Å². The Bertz CT molecular complexity index is 640. The third-order valence-corrected chi connectivity index (χ3v) is 3.20. The molecule has 21 heavy (non-hydrogen) atoms. The quantitative estimate of drug-likeness (QED) is 0.913. The summed E-state index contributed by atoms with van der Waals surface area (Å²) in [7, 11) is 0. The third kappa shape index (κ3) is 3.28. The topological polar surface area (TPSA) is 58.4 Å². The van der Waals surface area contributed by atoms with Gasteiger partial charge in [0.25, 0.3) is 5.91 Å². The molecule has 5 nitrogen and oxygen atoms in total. The lowest BCUT2D eigenvalue weighted by Gasteiger charge is -2.17. The zero-order chi connectivity index (χ0) is 15.4. The number of hydrogen-bond acceptors (Lipinski definition) is 3. The van der Waals surface area contributed by atoms with E-state index in [4.69, 9.17) is 5.11 Å². The molecule has 6 heteroatoms. The minimum Gasteiger partial charge on any atom is -0.395 e. The number of likely N-dealkylation sites (N-methyl/N-ethyl adjacent to an activating group) is 1. The number of halogens is 1. The fraction of sp³-hybridized carbons (Fsp3) is 0.333. The first-order valence-electron chi connectivity index (χ1n) is 6.79. The standard InChI is InChI=1S/C15H18FN3O2/c1-3-18(7-8-20)15(21)14-9-11(2)19(17-14)13-6-4-5-12(16)10-13/h4-6,9-10,20H,3,7-8H2,1-2H3. The Morgan fingerprint density at radius 2 is 2.19 bits per heavy atom. The molecule has 0 aliphatic rings. The van der Waals surface area contributed by atoms with Crippen LogP contribution in [0.15, 0.2) is 30.3 Å². The number of benzene rings is 1. The summed E-state index contributed by atoms with van der Waals surface area (Å²) in [5, 5.41) is 13.2. The molecule has 1 aromatic carbocycles. The molecule has 2 rings (SSSR count). The number of hydrogen-bond donors (Lipinski definition) is 1. The first-order valence-corrected chi connectivity index (χ1v) is 6.79. The van der Waals surface area contributed by atoms with Crippen LogP contribution in [0, 0.1) is 12.7 Å². The summed E-state index contributed by atoms with van der Waals surface area (Å²) in [5.41, 5.74) is 1.59. The molecule has 0 saturated carbocycles. The lowest BCUT2D eigenvalue weighted by Crippen LogP contribution is -2.33. The molecule has 1 amide bonds. The zero-order valence-electron chi connectivity index (χ0n) is 12.1. The number of aromatic nitrogens is 2. The molecule has 1 N–H and O–H groups in total. The van der Waals surface area contributed by atoms with E-state index >= 15 is 0 Å². The van der Waals surface area contributed by atoms with Crippen molar-refractivity contribution in [2.24, 2.45) is 0 Å². The molecule has 112 valence electrons. The van der Waals surface area contributed by atoms with Crippen LogP contribution in [0.25, 0.3) is 5.69 Å². The number of rotatable bonds is 5. The van der Waals surface area contributed by atoms with Crippen molar-refractivity contribution in [2.75, 3.05) is 19.7 Å². The first kappa shape index (κ1) is 15.2. The fourth-order valence-corrected chi connectivity index (χ4v) is 2.13. The largest absolute Gasteiger partial charge is 0.395 e. The van der Waals surface area contributed by atoms with Gasteiger partial charge in [-0.1, -0.05) is 6.07 Å². The number of aliphatic hydroxyl groups is 1. The lowest BCUT2D eigenvalue weighted by atomic mass is 10.3. The van der Waals surface area contributed by atoms with Gasteiger partial charge in [0.05, 0.1) is 12.3 Å². The Kier molecular flexibility index (Phi) is 4.70. The Balaban J connectivity index is 2.33. The van der Waals surface area contributed by atoms with Gasteiger partial charge in [-0.05, 0) is 38.1 Å². The van der Waals surface area contributed by atoms with Crippen molar-refractivity contribution in [3.05, 3.63) is 47.5 Å². The molecule has 0 bridgehead atoms. The summed E-state index contributed by atoms with van der Waals surface area (Å²) in [6.07, 6.45) is 0. The summed E-state index contributed by atoms with van der Waals surface area (Å²) in [6.45, 7) is 4.30. The van der Waals surface area contributed by atoms with E-state index in [9.17, 15) is 9.18 Å². The second-order valence-corrected chi connectivity index (χ2v) is 4.67. The van der Waals surface area contributed by atoms with Crippen molar-refractivity contribution in [1.82, 2.24) is 14.7 Å². The van der Waals surface area contributed by atoms with E-state index in [-0.39, 0.29) is 30.6 Å². The highest BCUT2D eigenvalue weighted by Gasteiger charge is 2.18. The maximum Gasteiger partial charge on any atom is 0.274 e. The predicted octanol–water partition coefficient (Wildman–Crippen LogP) is 1.77. The third-order valence-electron chi connectivity index (χ3n) is 3.20. The summed E-state index contributed by atoms with van der Waals surface area (Å²) in [6, 6.07) is 7.70. The second-order valence-electron chi connectivity index (χ2n) is 4.67. The van der Waals surface area contributed by atoms with Gasteiger partial charge in [0.1, 0.15) is 5.82 Å². The summed E-state index contributed by atoms with van der Waals surface area (Å²) in [4.78, 5) is 13.8. The predicted molar refractivity (Wildman–Crippen MR) is 76.9 cm³/mol. The van der Waals surface area contributed by atoms with Crippen molar-refractivity contribution < 1.29 is 14.3 Å². The molecule has 0 unspecified atom stereocenters. The molecule has 1 heterocycles. The highest BCUT2D eigenvalue weighted by atomic mass is 19.1. The van der Waals surface area contributed by atoms with Crippen LogP contribution >= 0.6 is 0 Å². The Morgan fingerprint density at radius 1 is 1.43 bits per heavy atom. The first-order chi connectivity index (χ1) is 10.1. The van der Waals surface area contributed by atoms with Crippen LogP contribution in [-0.2, 0) is 0 Å². The van der Waals surface area contributed by atoms with Crippen LogP contribution in [0.3, 0.4) is 0 Å². The van der Waals surface area contributed by atoms with Crippen LogP contribution in [-0.4, -0.2) is 45.4 Å². The number of aryl methyl sites for hydroxylation is 1. The lowest BCUT2D eigenvalue weighted by molar-refractivity contribution is 0.0725. The van der Waals surface area contributed by atoms with Gasteiger partial charge < -0.3 is 10.0 Å². The number of carbonyl (C=O) groups is 1. The molecular formula is C15H18FN3O2. The molecule has 0 radical (unpaired) electrons. The van der Waals surface area contributed by atoms with Gasteiger partial charge in [0.2, 0.25) is 0 Å². The van der Waals surface area contributed by atoms with E-state index in [0.29, 0.717) is 12.2 Å². The monoisotopic (exact) mass is 291 g/mol. The van der Waals surface area contributed by atoms with E-state index < -0.39 is 0 Å². The van der Waals surface area contributed by atoms with Crippen molar-refractivity contribution in [3.8, 4) is 5.69 Å². The minimum absolute atomic E-state index is 0.0941. The van der Waals surface area contributed by atoms with Gasteiger partial charge in [0.15, 0.2) is 5.69 Å². The average molecular weight is 291 g/mol. The molecule has 0 fully saturated rings. The highest BCUT2D eigenvalue weighted by Crippen LogP contribution is 2.14. The average Bonchev–Trinajstić information content (AvgIpc) is 2.86. The summed E-state index contributed by atoms with van der Waals surface area (Å²) in [5.74, 6) is -0.601. The van der Waals surface area contributed by atoms with Crippen LogP contribution < -0.4 is 0 Å². The highest BCUT2D eigenvalue weighted by molar-refractivity contribution is 5.92. The summed E-state index contributed by atoms with van der Waals surface area (Å²) >= 11 is 0. The van der Waals surface area contributed by atoms with Crippen molar-refractivity contribution in [3.63, 3.8) is 0 Å². The van der Waals surface area contributed by atoms with Gasteiger partial charge in [-0.3, -0.25) is 4.79 Å². The van der Waals surface area contributed by atoms with E-state index in [2.05, 4.69) is 5.10 Å². The van der Waals surface area contributed by atoms with Crippen LogP contribution in [0.2, 0.25) is 0 Å². The number of carbonyl (C=O) groups excluding carboxylic acids is 1. The Morgan fingerprint density at radius 3 is 2.81 bits per heavy atom. The van der Waals surface area contributed by atoms with Crippen LogP contribution in [0.5, 0.6) is 0 Å². The molecule has 2 aromatic rings. The van der Waals surface area contributed by atoms with Crippen molar-refractivity contribution in [2.45, 2.75) is 13.8 Å². The minimum atomic E-state index is -0.356. The number of aliphatic hydroxyl groups excluding tert-OH is 1. The summed E-state index contributed by atoms with van der Waals surface area (Å²) < 4.78 is 14.8. The van der Waals surface area contributed by atoms with Gasteiger partial charge in [-0.2, -0.15) is 5.10 Å². The maximum absolute atomic E-state index is 13.3. The van der Waals surface area contributed by atoms with Gasteiger partial charge >= 0.3 is 0 Å². The molecule has 0 spiro atoms. The van der Waals surface area contributed by atoms with Crippen molar-refractivity contribution in [1.29, 1.82) is 0 Å². The second kappa shape index (κ2) is 6.49. The van der Waals surface area contributed by atoms with E-state index in [0.717, 1.165) is 5.69 Å². The van der Waals surface area contributed by atoms with Gasteiger partial charge in [-0.15, -0.1) is 0 Å². The number of amides is 1. The van der Waals surface area contributed by atoms with E-state index in [1.54, 1.807) is 25.1 Å². The SMILES string of the molecule is CCN(CCO)C(=O)c1cc(C)n(-c2cccc(F)c2)n1. The normalized spacial score (nSPS) is 10.7. The molecule has 0 atom stereocenters. The smallest absolute Gasteiger partial charge is 0.274 e. The maximum atomic E-state index is 13.3. The Labute approximate surface area is 122 Å². The van der Waals surface area contributed by atoms with Gasteiger partial charge in [-0.25, -0.2) is 9.07 Å². The van der Waals surface area contributed by atoms with Gasteiger partial charge in [0, 0.05) is 18.8 Å². The molecule has 0 aliphatic carbocycles. The molecule has 1 aromatic heterocycles. The van der Waals surface area contributed by atoms with Crippen molar-refractivity contribution >= 4 is 5.91 Å². The molecule has 0 aliphatic heterocycles. The fourth-order valence-electron chi connectivity index (χ4n) is 2.13.